The van der Waals surface area contributed by atoms with Gasteiger partial charge in [-0.15, -0.1) is 0 Å². The molecule has 0 spiro atoms. The summed E-state index contributed by atoms with van der Waals surface area (Å²) in [6.45, 7) is -2.01. The van der Waals surface area contributed by atoms with Crippen LogP contribution in [0.15, 0.2) is 17.0 Å². The molecule has 0 aliphatic carbocycles. The van der Waals surface area contributed by atoms with Crippen LogP contribution in [0, 0.1) is 6.07 Å². The predicted octanol–water partition coefficient (Wildman–Crippen LogP) is 2.62. The zero-order chi connectivity index (χ0) is 14.0. The molecule has 0 unspecified atom stereocenters. The summed E-state index contributed by atoms with van der Waals surface area (Å²) in [6, 6.07) is 5.00. The highest BCUT2D eigenvalue weighted by atomic mass is 35.5. The first-order chi connectivity index (χ1) is 8.11. The number of benzene rings is 1. The van der Waals surface area contributed by atoms with Gasteiger partial charge in [0.05, 0.1) is 16.5 Å². The molecule has 0 atom stereocenters. The molecule has 0 fully saturated rings. The van der Waals surface area contributed by atoms with E-state index in [1.165, 1.54) is 12.1 Å². The Hall–Kier alpha value is -0.790. The lowest BCUT2D eigenvalue weighted by molar-refractivity contribution is -0.176. The third-order valence-electron chi connectivity index (χ3n) is 1.92. The van der Waals surface area contributed by atoms with Gasteiger partial charge in [0.2, 0.25) is 0 Å². The molecule has 1 aromatic carbocycles. The Morgan fingerprint density at radius 2 is 2.06 bits per heavy atom. The lowest BCUT2D eigenvalue weighted by Crippen LogP contribution is -2.17. The maximum absolute atomic E-state index is 11.9. The van der Waals surface area contributed by atoms with Crippen molar-refractivity contribution in [2.24, 2.45) is 0 Å². The van der Waals surface area contributed by atoms with Gasteiger partial charge < -0.3 is 4.74 Å². The van der Waals surface area contributed by atoms with Gasteiger partial charge in [-0.2, -0.15) is 13.2 Å². The van der Waals surface area contributed by atoms with Crippen molar-refractivity contribution >= 4 is 21.4 Å². The summed E-state index contributed by atoms with van der Waals surface area (Å²) < 4.78 is 63.0. The molecule has 0 aromatic heterocycles. The van der Waals surface area contributed by atoms with Crippen LogP contribution in [0.25, 0.3) is 0 Å². The SMILES string of the molecule is CS(=O)(=O)c1cc[c]c(Cl)c1COCC(F)(F)F. The Bertz CT molecular complexity index is 526. The van der Waals surface area contributed by atoms with Crippen molar-refractivity contribution in [2.45, 2.75) is 17.7 Å². The highest BCUT2D eigenvalue weighted by Crippen LogP contribution is 2.25. The van der Waals surface area contributed by atoms with E-state index < -0.39 is 29.2 Å². The van der Waals surface area contributed by atoms with E-state index in [0.29, 0.717) is 0 Å². The number of hydrogen-bond donors (Lipinski definition) is 0. The Morgan fingerprint density at radius 3 is 2.56 bits per heavy atom. The van der Waals surface area contributed by atoms with Crippen LogP contribution >= 0.6 is 11.6 Å². The Labute approximate surface area is 107 Å². The molecule has 1 aromatic rings. The Balaban J connectivity index is 2.95. The topological polar surface area (TPSA) is 43.4 Å². The normalized spacial score (nSPS) is 12.7. The molecule has 0 aliphatic rings. The van der Waals surface area contributed by atoms with Gasteiger partial charge >= 0.3 is 6.18 Å². The van der Waals surface area contributed by atoms with Gasteiger partial charge in [0, 0.05) is 17.9 Å². The van der Waals surface area contributed by atoms with Crippen LogP contribution in [-0.2, 0) is 21.2 Å². The molecule has 1 rings (SSSR count). The van der Waals surface area contributed by atoms with E-state index in [4.69, 9.17) is 11.6 Å². The van der Waals surface area contributed by atoms with Crippen molar-refractivity contribution in [3.63, 3.8) is 0 Å². The van der Waals surface area contributed by atoms with E-state index in [2.05, 4.69) is 10.8 Å². The molecule has 0 aliphatic heterocycles. The van der Waals surface area contributed by atoms with Crippen molar-refractivity contribution in [3.8, 4) is 0 Å². The molecule has 1 radical (unpaired) electrons. The maximum Gasteiger partial charge on any atom is 0.411 e. The van der Waals surface area contributed by atoms with E-state index in [1.54, 1.807) is 0 Å². The molecule has 0 bridgehead atoms. The molecular weight excluding hydrogens is 293 g/mol. The Kier molecular flexibility index (Phi) is 4.63. The van der Waals surface area contributed by atoms with Gasteiger partial charge in [0.15, 0.2) is 9.84 Å². The predicted molar refractivity (Wildman–Crippen MR) is 59.1 cm³/mol. The average Bonchev–Trinajstić information content (AvgIpc) is 2.16. The molecule has 0 saturated heterocycles. The third-order valence-corrected chi connectivity index (χ3v) is 3.44. The van der Waals surface area contributed by atoms with E-state index in [9.17, 15) is 21.6 Å². The second-order valence-corrected chi connectivity index (χ2v) is 5.88. The number of hydrogen-bond acceptors (Lipinski definition) is 3. The zero-order valence-corrected chi connectivity index (χ0v) is 10.8. The molecule has 8 heteroatoms. The van der Waals surface area contributed by atoms with Gasteiger partial charge in [-0.05, 0) is 6.07 Å². The molecule has 0 saturated carbocycles. The highest BCUT2D eigenvalue weighted by Gasteiger charge is 2.28. The van der Waals surface area contributed by atoms with Crippen LogP contribution in [0.2, 0.25) is 5.02 Å². The van der Waals surface area contributed by atoms with E-state index >= 15 is 0 Å². The van der Waals surface area contributed by atoms with Crippen molar-refractivity contribution < 1.29 is 26.3 Å². The number of rotatable bonds is 4. The highest BCUT2D eigenvalue weighted by molar-refractivity contribution is 7.90. The molecular formula is C10H9ClF3O3S. The monoisotopic (exact) mass is 301 g/mol. The fourth-order valence-corrected chi connectivity index (χ4v) is 2.44. The van der Waals surface area contributed by atoms with Crippen LogP contribution < -0.4 is 0 Å². The summed E-state index contributed by atoms with van der Waals surface area (Å²) in [5, 5.41) is -0.0694. The van der Waals surface area contributed by atoms with Gasteiger partial charge in [0.25, 0.3) is 0 Å². The van der Waals surface area contributed by atoms with Gasteiger partial charge in [-0.3, -0.25) is 0 Å². The quantitative estimate of drug-likeness (QED) is 0.858. The molecule has 0 heterocycles. The number of ether oxygens (including phenoxy) is 1. The molecule has 3 nitrogen and oxygen atoms in total. The summed E-state index contributed by atoms with van der Waals surface area (Å²) in [4.78, 5) is -0.159. The first-order valence-electron chi connectivity index (χ1n) is 4.65. The van der Waals surface area contributed by atoms with Crippen molar-refractivity contribution in [3.05, 3.63) is 28.8 Å². The molecule has 0 amide bonds. The average molecular weight is 302 g/mol. The van der Waals surface area contributed by atoms with E-state index in [1.807, 2.05) is 0 Å². The third kappa shape index (κ3) is 4.47. The summed E-state index contributed by atoms with van der Waals surface area (Å²) in [7, 11) is -3.59. The number of sulfone groups is 1. The zero-order valence-electron chi connectivity index (χ0n) is 9.21. The first-order valence-corrected chi connectivity index (χ1v) is 6.92. The maximum atomic E-state index is 11.9. The summed E-state index contributed by atoms with van der Waals surface area (Å²) in [6.07, 6.45) is -3.54. The van der Waals surface area contributed by atoms with Gasteiger partial charge in [-0.25, -0.2) is 8.42 Å². The van der Waals surface area contributed by atoms with Crippen LogP contribution in [0.1, 0.15) is 5.56 Å². The van der Waals surface area contributed by atoms with Gasteiger partial charge in [-0.1, -0.05) is 17.7 Å². The molecule has 101 valence electrons. The fourth-order valence-electron chi connectivity index (χ4n) is 1.24. The number of alkyl halides is 3. The largest absolute Gasteiger partial charge is 0.411 e. The van der Waals surface area contributed by atoms with Gasteiger partial charge in [0.1, 0.15) is 6.61 Å². The minimum absolute atomic E-state index is 0.0223. The lowest BCUT2D eigenvalue weighted by Gasteiger charge is -2.11. The minimum Gasteiger partial charge on any atom is -0.367 e. The minimum atomic E-state index is -4.48. The van der Waals surface area contributed by atoms with E-state index in [-0.39, 0.29) is 15.5 Å². The van der Waals surface area contributed by atoms with Crippen LogP contribution in [0.5, 0.6) is 0 Å². The van der Waals surface area contributed by atoms with Crippen molar-refractivity contribution in [2.75, 3.05) is 12.9 Å². The second kappa shape index (κ2) is 5.46. The van der Waals surface area contributed by atoms with Crippen LogP contribution in [0.4, 0.5) is 13.2 Å². The van der Waals surface area contributed by atoms with Crippen molar-refractivity contribution in [1.82, 2.24) is 0 Å². The standard InChI is InChI=1S/C10H9ClF3O3S/c1-18(15,16)9-4-2-3-8(11)7(9)5-17-6-10(12,13)14/h2,4H,5-6H2,1H3. The second-order valence-electron chi connectivity index (χ2n) is 3.51. The van der Waals surface area contributed by atoms with Crippen molar-refractivity contribution in [1.29, 1.82) is 0 Å². The summed E-state index contributed by atoms with van der Waals surface area (Å²) in [5.74, 6) is 0. The van der Waals surface area contributed by atoms with Crippen LogP contribution in [0.3, 0.4) is 0 Å². The molecule has 18 heavy (non-hydrogen) atoms. The van der Waals surface area contributed by atoms with Crippen LogP contribution in [-0.4, -0.2) is 27.5 Å². The summed E-state index contributed by atoms with van der Waals surface area (Å²) in [5.41, 5.74) is -0.0223. The smallest absolute Gasteiger partial charge is 0.367 e. The molecule has 0 N–H and O–H groups in total. The first kappa shape index (κ1) is 15.3. The number of halogens is 4. The Morgan fingerprint density at radius 1 is 1.44 bits per heavy atom. The fraction of sp³-hybridized carbons (Fsp3) is 0.400. The lowest BCUT2D eigenvalue weighted by atomic mass is 10.2. The summed E-state index contributed by atoms with van der Waals surface area (Å²) >= 11 is 5.70. The van der Waals surface area contributed by atoms with E-state index in [0.717, 1.165) is 6.26 Å².